The van der Waals surface area contributed by atoms with E-state index in [4.69, 9.17) is 18.9 Å². The van der Waals surface area contributed by atoms with Gasteiger partial charge in [-0.05, 0) is 13.8 Å². The van der Waals surface area contributed by atoms with Crippen molar-refractivity contribution in [1.82, 2.24) is 14.5 Å². The number of hydrogen-bond donors (Lipinski definition) is 2. The maximum Gasteiger partial charge on any atom is 0.246 e. The Morgan fingerprint density at radius 3 is 2.15 bits per heavy atom. The van der Waals surface area contributed by atoms with E-state index in [1.165, 1.54) is 0 Å². The zero-order valence-electron chi connectivity index (χ0n) is 16.2. The van der Waals surface area contributed by atoms with E-state index >= 15 is 0 Å². The van der Waals surface area contributed by atoms with Crippen LogP contribution in [0.4, 0.5) is 0 Å². The summed E-state index contributed by atoms with van der Waals surface area (Å²) in [6, 6.07) is 0. The molecule has 0 bridgehead atoms. The van der Waals surface area contributed by atoms with Crippen LogP contribution in [0.1, 0.15) is 13.8 Å². The summed E-state index contributed by atoms with van der Waals surface area (Å²) in [7, 11) is 0. The molecule has 1 saturated heterocycles. The molecule has 8 nitrogen and oxygen atoms in total. The van der Waals surface area contributed by atoms with Crippen LogP contribution in [-0.2, 0) is 23.7 Å². The number of hydrogen-bond acceptors (Lipinski definition) is 8. The zero-order valence-corrected chi connectivity index (χ0v) is 17.0. The van der Waals surface area contributed by atoms with Crippen LogP contribution >= 0.6 is 12.8 Å². The number of amides is 1. The third-order valence-corrected chi connectivity index (χ3v) is 4.16. The number of ether oxygens (including phenoxy) is 4. The van der Waals surface area contributed by atoms with Gasteiger partial charge in [-0.2, -0.15) is 0 Å². The average molecular weight is 394 g/mol. The fraction of sp³-hybridized carbons (Fsp3) is 0.941. The van der Waals surface area contributed by atoms with E-state index in [2.05, 4.69) is 23.0 Å². The molecule has 1 fully saturated rings. The molecule has 0 aromatic heterocycles. The van der Waals surface area contributed by atoms with Crippen LogP contribution in [0.15, 0.2) is 0 Å². The van der Waals surface area contributed by atoms with E-state index in [0.717, 1.165) is 39.3 Å². The lowest BCUT2D eigenvalue weighted by atomic mass is 10.3. The molecule has 0 aromatic rings. The molecule has 0 atom stereocenters. The van der Waals surface area contributed by atoms with Crippen LogP contribution in [0, 0.1) is 0 Å². The minimum atomic E-state index is -0.122. The molecule has 1 amide bonds. The summed E-state index contributed by atoms with van der Waals surface area (Å²) in [5.41, 5.74) is 0. The minimum Gasteiger partial charge on any atom is -0.378 e. The second-order valence-electron chi connectivity index (χ2n) is 6.34. The molecule has 0 aliphatic carbocycles. The average Bonchev–Trinajstić information content (AvgIpc) is 2.62. The first kappa shape index (κ1) is 23.6. The van der Waals surface area contributed by atoms with Gasteiger partial charge >= 0.3 is 0 Å². The van der Waals surface area contributed by atoms with Gasteiger partial charge in [0.05, 0.1) is 45.7 Å². The van der Waals surface area contributed by atoms with Crippen LogP contribution in [0.5, 0.6) is 0 Å². The molecule has 1 aliphatic rings. The van der Waals surface area contributed by atoms with Crippen LogP contribution in [0.2, 0.25) is 0 Å². The predicted octanol–water partition coefficient (Wildman–Crippen LogP) is 0.0398. The van der Waals surface area contributed by atoms with Gasteiger partial charge in [0.1, 0.15) is 6.61 Å². The third kappa shape index (κ3) is 13.7. The molecule has 0 aromatic carbocycles. The number of nitrogens with one attached hydrogen (secondary N) is 1. The number of piperazine rings is 1. The number of nitrogens with zero attached hydrogens (tertiary/aromatic N) is 2. The van der Waals surface area contributed by atoms with Gasteiger partial charge in [-0.15, -0.1) is 0 Å². The van der Waals surface area contributed by atoms with Crippen molar-refractivity contribution >= 4 is 18.7 Å². The third-order valence-electron chi connectivity index (χ3n) is 3.76. The first-order valence-electron chi connectivity index (χ1n) is 9.35. The molecule has 1 N–H and O–H groups in total. The Kier molecular flexibility index (Phi) is 14.2. The van der Waals surface area contributed by atoms with E-state index in [1.807, 2.05) is 18.2 Å². The molecule has 0 spiro atoms. The van der Waals surface area contributed by atoms with Crippen molar-refractivity contribution in [3.05, 3.63) is 0 Å². The Labute approximate surface area is 163 Å². The van der Waals surface area contributed by atoms with Gasteiger partial charge in [-0.25, -0.2) is 0 Å². The molecule has 0 radical (unpaired) electrons. The topological polar surface area (TPSA) is 72.5 Å². The SMILES string of the molecule is CC(C)OCC(=O)NCCOCCOCCOCCN1CCN(S)CC1. The van der Waals surface area contributed by atoms with Crippen molar-refractivity contribution in [1.29, 1.82) is 0 Å². The molecule has 9 heteroatoms. The smallest absolute Gasteiger partial charge is 0.246 e. The molecule has 1 heterocycles. The lowest BCUT2D eigenvalue weighted by Crippen LogP contribution is -2.43. The normalized spacial score (nSPS) is 16.3. The van der Waals surface area contributed by atoms with Crippen molar-refractivity contribution < 1.29 is 23.7 Å². The van der Waals surface area contributed by atoms with Crippen LogP contribution in [-0.4, -0.2) is 107 Å². The summed E-state index contributed by atoms with van der Waals surface area (Å²) < 4.78 is 23.7. The summed E-state index contributed by atoms with van der Waals surface area (Å²) in [5, 5.41) is 2.73. The standard InChI is InChI=1S/C17H35N3O5S/c1-16(2)25-15-17(21)18-3-9-22-11-13-24-14-12-23-10-8-19-4-6-20(26)7-5-19/h16,26H,3-15H2,1-2H3,(H,18,21). The Hall–Kier alpha value is -0.420. The zero-order chi connectivity index (χ0) is 19.0. The quantitative estimate of drug-likeness (QED) is 0.301. The van der Waals surface area contributed by atoms with Crippen molar-refractivity contribution in [2.24, 2.45) is 0 Å². The van der Waals surface area contributed by atoms with Crippen LogP contribution in [0.3, 0.4) is 0 Å². The summed E-state index contributed by atoms with van der Waals surface area (Å²) in [4.78, 5) is 13.8. The Morgan fingerprint density at radius 1 is 0.962 bits per heavy atom. The van der Waals surface area contributed by atoms with Crippen molar-refractivity contribution in [3.63, 3.8) is 0 Å². The number of carbonyl (C=O) groups is 1. The second kappa shape index (κ2) is 15.6. The largest absolute Gasteiger partial charge is 0.378 e. The highest BCUT2D eigenvalue weighted by Crippen LogP contribution is 2.02. The predicted molar refractivity (Wildman–Crippen MR) is 104 cm³/mol. The first-order valence-corrected chi connectivity index (χ1v) is 9.75. The maximum absolute atomic E-state index is 11.4. The molecule has 26 heavy (non-hydrogen) atoms. The molecule has 1 rings (SSSR count). The highest BCUT2D eigenvalue weighted by molar-refractivity contribution is 7.77. The molecule has 1 aliphatic heterocycles. The van der Waals surface area contributed by atoms with Crippen molar-refractivity contribution in [3.8, 4) is 0 Å². The Bertz CT molecular complexity index is 355. The van der Waals surface area contributed by atoms with Gasteiger partial charge in [-0.3, -0.25) is 14.0 Å². The van der Waals surface area contributed by atoms with Gasteiger partial charge in [0.25, 0.3) is 0 Å². The van der Waals surface area contributed by atoms with Gasteiger partial charge in [0.2, 0.25) is 5.91 Å². The molecule has 154 valence electrons. The van der Waals surface area contributed by atoms with E-state index < -0.39 is 0 Å². The van der Waals surface area contributed by atoms with E-state index in [9.17, 15) is 4.79 Å². The summed E-state index contributed by atoms with van der Waals surface area (Å²) >= 11 is 4.33. The Balaban J connectivity index is 1.75. The lowest BCUT2D eigenvalue weighted by molar-refractivity contribution is -0.127. The monoisotopic (exact) mass is 393 g/mol. The summed E-state index contributed by atoms with van der Waals surface area (Å²) in [6.07, 6.45) is 0.0573. The Morgan fingerprint density at radius 2 is 1.54 bits per heavy atom. The van der Waals surface area contributed by atoms with Gasteiger partial charge < -0.3 is 24.3 Å². The van der Waals surface area contributed by atoms with Crippen LogP contribution < -0.4 is 5.32 Å². The number of rotatable bonds is 15. The number of carbonyl (C=O) groups excluding carboxylic acids is 1. The maximum atomic E-state index is 11.4. The van der Waals surface area contributed by atoms with Gasteiger partial charge in [0.15, 0.2) is 0 Å². The van der Waals surface area contributed by atoms with Crippen molar-refractivity contribution in [2.75, 3.05) is 85.5 Å². The minimum absolute atomic E-state index is 0.0573. The highest BCUT2D eigenvalue weighted by Gasteiger charge is 2.13. The fourth-order valence-corrected chi connectivity index (χ4v) is 2.43. The van der Waals surface area contributed by atoms with Crippen LogP contribution in [0.25, 0.3) is 0 Å². The van der Waals surface area contributed by atoms with E-state index in [-0.39, 0.29) is 18.6 Å². The lowest BCUT2D eigenvalue weighted by Gasteiger charge is -2.31. The van der Waals surface area contributed by atoms with Crippen molar-refractivity contribution in [2.45, 2.75) is 20.0 Å². The number of thiol groups is 1. The van der Waals surface area contributed by atoms with Gasteiger partial charge in [-0.1, -0.05) is 12.8 Å². The fourth-order valence-electron chi connectivity index (χ4n) is 2.25. The van der Waals surface area contributed by atoms with E-state index in [0.29, 0.717) is 39.6 Å². The highest BCUT2D eigenvalue weighted by atomic mass is 32.1. The first-order chi connectivity index (χ1) is 12.6. The van der Waals surface area contributed by atoms with E-state index in [1.54, 1.807) is 0 Å². The molecular weight excluding hydrogens is 358 g/mol. The molecular formula is C17H35N3O5S. The summed E-state index contributed by atoms with van der Waals surface area (Å²) in [5.74, 6) is -0.122. The molecule has 0 saturated carbocycles. The van der Waals surface area contributed by atoms with Gasteiger partial charge in [0, 0.05) is 39.3 Å². The second-order valence-corrected chi connectivity index (χ2v) is 6.91. The molecule has 0 unspecified atom stereocenters. The summed E-state index contributed by atoms with van der Waals surface area (Å²) in [6.45, 7) is 12.8.